The highest BCUT2D eigenvalue weighted by Crippen LogP contribution is 2.20. The maximum Gasteiger partial charge on any atom is 0.315 e. The fraction of sp³-hybridized carbons (Fsp3) is 0.409. The smallest absolute Gasteiger partial charge is 0.315 e. The Kier molecular flexibility index (Phi) is 8.14. The Bertz CT molecular complexity index is 686. The van der Waals surface area contributed by atoms with Gasteiger partial charge in [-0.05, 0) is 50.2 Å². The fourth-order valence-electron chi connectivity index (χ4n) is 3.14. The summed E-state index contributed by atoms with van der Waals surface area (Å²) in [5.74, 6) is 0.812. The number of hydrogen-bond donors (Lipinski definition) is 2. The predicted octanol–water partition coefficient (Wildman–Crippen LogP) is 3.62. The van der Waals surface area contributed by atoms with E-state index in [-0.39, 0.29) is 18.1 Å². The van der Waals surface area contributed by atoms with E-state index in [4.69, 9.17) is 4.74 Å². The molecule has 2 aromatic carbocycles. The Morgan fingerprint density at radius 3 is 2.26 bits per heavy atom. The predicted molar refractivity (Wildman–Crippen MR) is 110 cm³/mol. The van der Waals surface area contributed by atoms with Crippen LogP contribution in [0.3, 0.4) is 0 Å². The lowest BCUT2D eigenvalue weighted by Crippen LogP contribution is -2.48. The molecule has 0 spiro atoms. The first-order valence-electron chi connectivity index (χ1n) is 9.41. The molecular weight excluding hydrogens is 338 g/mol. The van der Waals surface area contributed by atoms with E-state index < -0.39 is 0 Å². The van der Waals surface area contributed by atoms with Crippen molar-refractivity contribution in [3.05, 3.63) is 65.7 Å². The molecule has 0 heterocycles. The van der Waals surface area contributed by atoms with Crippen molar-refractivity contribution >= 4 is 6.03 Å². The highest BCUT2D eigenvalue weighted by atomic mass is 16.5. The SMILES string of the molecule is CC[C@H](NC(=O)N[C@H](Cc1ccccc1)CN(C)C)c1ccc(OC)cc1. The van der Waals surface area contributed by atoms with Gasteiger partial charge in [-0.2, -0.15) is 0 Å². The lowest BCUT2D eigenvalue weighted by Gasteiger charge is -2.25. The third-order valence-electron chi connectivity index (χ3n) is 4.48. The normalized spacial score (nSPS) is 13.1. The number of carbonyl (C=O) groups is 1. The second kappa shape index (κ2) is 10.6. The molecule has 0 aliphatic carbocycles. The molecule has 2 aromatic rings. The van der Waals surface area contributed by atoms with Crippen molar-refractivity contribution in [2.24, 2.45) is 0 Å². The number of nitrogens with one attached hydrogen (secondary N) is 2. The zero-order valence-electron chi connectivity index (χ0n) is 16.7. The number of amides is 2. The largest absolute Gasteiger partial charge is 0.497 e. The molecule has 0 saturated heterocycles. The van der Waals surface area contributed by atoms with Crippen LogP contribution < -0.4 is 15.4 Å². The van der Waals surface area contributed by atoms with Crippen LogP contribution in [0.2, 0.25) is 0 Å². The van der Waals surface area contributed by atoms with Crippen LogP contribution >= 0.6 is 0 Å². The first kappa shape index (κ1) is 20.8. The standard InChI is InChI=1S/C22H31N3O2/c1-5-21(18-11-13-20(27-4)14-12-18)24-22(26)23-19(16-25(2)3)15-17-9-7-6-8-10-17/h6-14,19,21H,5,15-16H2,1-4H3,(H2,23,24,26)/t19-,21+/m1/s1. The highest BCUT2D eigenvalue weighted by Gasteiger charge is 2.17. The zero-order chi connectivity index (χ0) is 19.6. The van der Waals surface area contributed by atoms with Gasteiger partial charge in [0, 0.05) is 12.6 Å². The van der Waals surface area contributed by atoms with E-state index in [0.29, 0.717) is 0 Å². The van der Waals surface area contributed by atoms with E-state index >= 15 is 0 Å². The van der Waals surface area contributed by atoms with Crippen molar-refractivity contribution in [1.82, 2.24) is 15.5 Å². The fourth-order valence-corrected chi connectivity index (χ4v) is 3.14. The number of likely N-dealkylation sites (N-methyl/N-ethyl adjacent to an activating group) is 1. The number of methoxy groups -OCH3 is 1. The second-order valence-corrected chi connectivity index (χ2v) is 7.00. The average Bonchev–Trinajstić information content (AvgIpc) is 2.66. The second-order valence-electron chi connectivity index (χ2n) is 7.00. The molecule has 0 aromatic heterocycles. The molecule has 2 amide bonds. The van der Waals surface area contributed by atoms with Gasteiger partial charge in [-0.1, -0.05) is 49.4 Å². The summed E-state index contributed by atoms with van der Waals surface area (Å²) in [6.45, 7) is 2.85. The van der Waals surface area contributed by atoms with Gasteiger partial charge in [-0.15, -0.1) is 0 Å². The van der Waals surface area contributed by atoms with E-state index in [9.17, 15) is 4.79 Å². The minimum absolute atomic E-state index is 0.0346. The van der Waals surface area contributed by atoms with Crippen molar-refractivity contribution in [3.63, 3.8) is 0 Å². The molecular formula is C22H31N3O2. The summed E-state index contributed by atoms with van der Waals surface area (Å²) in [6, 6.07) is 17.9. The first-order chi connectivity index (χ1) is 13.0. The molecule has 0 aliphatic rings. The summed E-state index contributed by atoms with van der Waals surface area (Å²) in [5.41, 5.74) is 2.28. The van der Waals surface area contributed by atoms with Crippen molar-refractivity contribution in [2.45, 2.75) is 31.8 Å². The number of urea groups is 1. The quantitative estimate of drug-likeness (QED) is 0.710. The highest BCUT2D eigenvalue weighted by molar-refractivity contribution is 5.74. The van der Waals surface area contributed by atoms with E-state index in [2.05, 4.69) is 34.6 Å². The molecule has 0 unspecified atom stereocenters. The lowest BCUT2D eigenvalue weighted by atomic mass is 10.0. The number of hydrogen-bond acceptors (Lipinski definition) is 3. The summed E-state index contributed by atoms with van der Waals surface area (Å²) >= 11 is 0. The number of ether oxygens (including phenoxy) is 1. The monoisotopic (exact) mass is 369 g/mol. The number of nitrogens with zero attached hydrogens (tertiary/aromatic N) is 1. The van der Waals surface area contributed by atoms with Gasteiger partial charge in [0.2, 0.25) is 0 Å². The number of rotatable bonds is 9. The summed E-state index contributed by atoms with van der Waals surface area (Å²) in [5, 5.41) is 6.24. The molecule has 0 saturated carbocycles. The molecule has 146 valence electrons. The molecule has 0 bridgehead atoms. The molecule has 2 N–H and O–H groups in total. The van der Waals surface area contributed by atoms with Crippen molar-refractivity contribution in [1.29, 1.82) is 0 Å². The van der Waals surface area contributed by atoms with Gasteiger partial charge < -0.3 is 20.3 Å². The van der Waals surface area contributed by atoms with E-state index in [0.717, 1.165) is 30.7 Å². The van der Waals surface area contributed by atoms with Crippen LogP contribution in [0.15, 0.2) is 54.6 Å². The Balaban J connectivity index is 1.99. The Labute approximate surface area is 162 Å². The Morgan fingerprint density at radius 1 is 1.04 bits per heavy atom. The minimum atomic E-state index is -0.138. The lowest BCUT2D eigenvalue weighted by molar-refractivity contribution is 0.228. The maximum atomic E-state index is 12.6. The molecule has 0 aliphatic heterocycles. The number of benzene rings is 2. The van der Waals surface area contributed by atoms with E-state index in [1.807, 2.05) is 56.6 Å². The molecule has 0 radical (unpaired) electrons. The summed E-state index contributed by atoms with van der Waals surface area (Å²) in [4.78, 5) is 14.7. The summed E-state index contributed by atoms with van der Waals surface area (Å²) in [6.07, 6.45) is 1.61. The van der Waals surface area contributed by atoms with E-state index in [1.54, 1.807) is 7.11 Å². The average molecular weight is 370 g/mol. The van der Waals surface area contributed by atoms with Gasteiger partial charge in [-0.25, -0.2) is 4.79 Å². The molecule has 5 nitrogen and oxygen atoms in total. The zero-order valence-corrected chi connectivity index (χ0v) is 16.7. The van der Waals surface area contributed by atoms with Crippen LogP contribution in [0, 0.1) is 0 Å². The van der Waals surface area contributed by atoms with Crippen LogP contribution in [0.25, 0.3) is 0 Å². The van der Waals surface area contributed by atoms with Gasteiger partial charge in [0.25, 0.3) is 0 Å². The van der Waals surface area contributed by atoms with Crippen LogP contribution in [0.4, 0.5) is 4.79 Å². The molecule has 5 heteroatoms. The van der Waals surface area contributed by atoms with Gasteiger partial charge >= 0.3 is 6.03 Å². The maximum absolute atomic E-state index is 12.6. The Morgan fingerprint density at radius 2 is 1.70 bits per heavy atom. The van der Waals surface area contributed by atoms with Gasteiger partial charge in [0.15, 0.2) is 0 Å². The number of carbonyl (C=O) groups excluding carboxylic acids is 1. The van der Waals surface area contributed by atoms with Crippen LogP contribution in [0.1, 0.15) is 30.5 Å². The molecule has 2 atom stereocenters. The Hall–Kier alpha value is -2.53. The third kappa shape index (κ3) is 6.94. The van der Waals surface area contributed by atoms with Crippen molar-refractivity contribution in [3.8, 4) is 5.75 Å². The van der Waals surface area contributed by atoms with Gasteiger partial charge in [-0.3, -0.25) is 0 Å². The first-order valence-corrected chi connectivity index (χ1v) is 9.41. The van der Waals surface area contributed by atoms with Gasteiger partial charge in [0.1, 0.15) is 5.75 Å². The van der Waals surface area contributed by atoms with Gasteiger partial charge in [0.05, 0.1) is 13.2 Å². The van der Waals surface area contributed by atoms with Crippen LogP contribution in [-0.2, 0) is 6.42 Å². The minimum Gasteiger partial charge on any atom is -0.497 e. The molecule has 0 fully saturated rings. The third-order valence-corrected chi connectivity index (χ3v) is 4.48. The molecule has 27 heavy (non-hydrogen) atoms. The summed E-state index contributed by atoms with van der Waals surface area (Å²) < 4.78 is 5.21. The van der Waals surface area contributed by atoms with Crippen molar-refractivity contribution in [2.75, 3.05) is 27.7 Å². The van der Waals surface area contributed by atoms with Crippen LogP contribution in [-0.4, -0.2) is 44.7 Å². The van der Waals surface area contributed by atoms with Crippen LogP contribution in [0.5, 0.6) is 5.75 Å². The van der Waals surface area contributed by atoms with Crippen molar-refractivity contribution < 1.29 is 9.53 Å². The summed E-state index contributed by atoms with van der Waals surface area (Å²) in [7, 11) is 5.68. The topological polar surface area (TPSA) is 53.6 Å². The molecule has 2 rings (SSSR count). The van der Waals surface area contributed by atoms with E-state index in [1.165, 1.54) is 5.56 Å².